The lowest BCUT2D eigenvalue weighted by molar-refractivity contribution is -0.127. The zero-order valence-corrected chi connectivity index (χ0v) is 19.4. The molecule has 0 saturated carbocycles. The van der Waals surface area contributed by atoms with Crippen LogP contribution in [0, 0.1) is 11.8 Å². The third kappa shape index (κ3) is 3.95. The molecule has 0 spiro atoms. The molecule has 1 unspecified atom stereocenters. The molecule has 2 aliphatic rings. The van der Waals surface area contributed by atoms with E-state index in [1.54, 1.807) is 6.20 Å². The van der Waals surface area contributed by atoms with Gasteiger partial charge in [-0.05, 0) is 55.1 Å². The van der Waals surface area contributed by atoms with Gasteiger partial charge in [0.1, 0.15) is 0 Å². The highest BCUT2D eigenvalue weighted by atomic mass is 16.1. The van der Waals surface area contributed by atoms with Gasteiger partial charge in [-0.3, -0.25) is 9.78 Å². The largest absolute Gasteiger partial charge is 0.355 e. The number of carbonyl (C=O) groups excluding carboxylic acids is 1. The van der Waals surface area contributed by atoms with Gasteiger partial charge in [0.2, 0.25) is 5.91 Å². The van der Waals surface area contributed by atoms with Gasteiger partial charge in [0, 0.05) is 67.0 Å². The topological polar surface area (TPSA) is 50.2 Å². The van der Waals surface area contributed by atoms with E-state index in [1.165, 1.54) is 22.0 Å². The van der Waals surface area contributed by atoms with Crippen LogP contribution in [0.15, 0.2) is 48.8 Å². The summed E-state index contributed by atoms with van der Waals surface area (Å²) in [5.74, 6) is 1.24. The molecule has 3 aromatic rings. The van der Waals surface area contributed by atoms with E-state index in [-0.39, 0.29) is 11.8 Å². The number of likely N-dealkylation sites (tertiary alicyclic amines) is 1. The van der Waals surface area contributed by atoms with Gasteiger partial charge < -0.3 is 14.8 Å². The van der Waals surface area contributed by atoms with Crippen LogP contribution in [0.4, 0.5) is 0 Å². The summed E-state index contributed by atoms with van der Waals surface area (Å²) in [6.45, 7) is 7.07. The first-order valence-electron chi connectivity index (χ1n) is 12.0. The number of aromatic nitrogens is 2. The summed E-state index contributed by atoms with van der Waals surface area (Å²) >= 11 is 0. The molecule has 3 heterocycles. The first-order chi connectivity index (χ1) is 15.5. The van der Waals surface area contributed by atoms with E-state index in [9.17, 15) is 4.79 Å². The Labute approximate surface area is 190 Å². The number of nitrogens with one attached hydrogen (secondary N) is 1. The van der Waals surface area contributed by atoms with E-state index in [0.717, 1.165) is 38.0 Å². The van der Waals surface area contributed by atoms with Crippen molar-refractivity contribution >= 4 is 16.8 Å². The first-order valence-corrected chi connectivity index (χ1v) is 12.0. The maximum Gasteiger partial charge on any atom is 0.224 e. The number of carbonyl (C=O) groups is 1. The van der Waals surface area contributed by atoms with Crippen molar-refractivity contribution < 1.29 is 4.79 Å². The Morgan fingerprint density at radius 2 is 2.09 bits per heavy atom. The van der Waals surface area contributed by atoms with Crippen molar-refractivity contribution in [2.45, 2.75) is 51.6 Å². The summed E-state index contributed by atoms with van der Waals surface area (Å²) in [7, 11) is 2.20. The standard InChI is InChI=1S/C27H34N4O/c1-18(2)15-31-17-19-14-25-23(22-8-6-9-24(31)26(19)22)13-20(16-30(25)3)27(32)29-12-10-21-7-4-5-11-28-21/h4-9,11,17-18,20,23,25H,10,12-16H2,1-3H3,(H,29,32)/t20-,23?,25-/m1/s1. The van der Waals surface area contributed by atoms with Gasteiger partial charge in [-0.25, -0.2) is 0 Å². The fourth-order valence-electron chi connectivity index (χ4n) is 5.86. The van der Waals surface area contributed by atoms with Crippen molar-refractivity contribution in [1.29, 1.82) is 0 Å². The van der Waals surface area contributed by atoms with Crippen LogP contribution in [0.2, 0.25) is 0 Å². The van der Waals surface area contributed by atoms with E-state index < -0.39 is 0 Å². The van der Waals surface area contributed by atoms with Crippen molar-refractivity contribution in [3.8, 4) is 0 Å². The van der Waals surface area contributed by atoms with Crippen molar-refractivity contribution in [2.24, 2.45) is 11.8 Å². The molecule has 2 aromatic heterocycles. The Bertz CT molecular complexity index is 1100. The molecule has 1 aromatic carbocycles. The Balaban J connectivity index is 1.34. The minimum Gasteiger partial charge on any atom is -0.355 e. The number of amides is 1. The average molecular weight is 431 g/mol. The van der Waals surface area contributed by atoms with Gasteiger partial charge in [-0.1, -0.05) is 32.0 Å². The van der Waals surface area contributed by atoms with Gasteiger partial charge in [0.05, 0.1) is 5.92 Å². The number of hydrogen-bond acceptors (Lipinski definition) is 3. The number of rotatable bonds is 6. The minimum absolute atomic E-state index is 0.0274. The average Bonchev–Trinajstić information content (AvgIpc) is 3.13. The van der Waals surface area contributed by atoms with Crippen LogP contribution in [0.3, 0.4) is 0 Å². The molecule has 1 fully saturated rings. The maximum absolute atomic E-state index is 13.1. The predicted octanol–water partition coefficient (Wildman–Crippen LogP) is 4.01. The van der Waals surface area contributed by atoms with Gasteiger partial charge >= 0.3 is 0 Å². The first kappa shape index (κ1) is 21.2. The lowest BCUT2D eigenvalue weighted by atomic mass is 9.72. The summed E-state index contributed by atoms with van der Waals surface area (Å²) in [5, 5.41) is 4.62. The third-order valence-corrected chi connectivity index (χ3v) is 7.26. The smallest absolute Gasteiger partial charge is 0.224 e. The molecule has 3 atom stereocenters. The number of likely N-dealkylation sites (N-methyl/N-ethyl adjacent to an activating group) is 1. The lowest BCUT2D eigenvalue weighted by Gasteiger charge is -2.45. The summed E-state index contributed by atoms with van der Waals surface area (Å²) in [4.78, 5) is 19.8. The summed E-state index contributed by atoms with van der Waals surface area (Å²) < 4.78 is 2.44. The van der Waals surface area contributed by atoms with Crippen LogP contribution in [-0.2, 0) is 24.2 Å². The summed E-state index contributed by atoms with van der Waals surface area (Å²) in [6.07, 6.45) is 6.97. The molecule has 1 aliphatic carbocycles. The molecule has 1 aliphatic heterocycles. The zero-order valence-electron chi connectivity index (χ0n) is 19.4. The fraction of sp³-hybridized carbons (Fsp3) is 0.481. The molecule has 5 nitrogen and oxygen atoms in total. The van der Waals surface area contributed by atoms with Gasteiger partial charge in [0.15, 0.2) is 0 Å². The van der Waals surface area contributed by atoms with Crippen molar-refractivity contribution in [2.75, 3.05) is 20.1 Å². The number of piperidine rings is 1. The van der Waals surface area contributed by atoms with E-state index in [1.807, 2.05) is 18.2 Å². The fourth-order valence-corrected chi connectivity index (χ4v) is 5.86. The third-order valence-electron chi connectivity index (χ3n) is 7.26. The van der Waals surface area contributed by atoms with Crippen molar-refractivity contribution in [1.82, 2.24) is 19.8 Å². The predicted molar refractivity (Wildman–Crippen MR) is 129 cm³/mol. The number of fused-ring (bicyclic) bond motifs is 2. The van der Waals surface area contributed by atoms with Crippen molar-refractivity contribution in [3.63, 3.8) is 0 Å². The highest BCUT2D eigenvalue weighted by Crippen LogP contribution is 2.45. The normalized spacial score (nSPS) is 22.8. The molecule has 32 heavy (non-hydrogen) atoms. The second kappa shape index (κ2) is 8.70. The van der Waals surface area contributed by atoms with Gasteiger partial charge in [-0.15, -0.1) is 0 Å². The van der Waals surface area contributed by atoms with E-state index in [0.29, 0.717) is 24.4 Å². The van der Waals surface area contributed by atoms with Crippen LogP contribution in [0.1, 0.15) is 43.0 Å². The van der Waals surface area contributed by atoms with E-state index in [4.69, 9.17) is 0 Å². The number of hydrogen-bond donors (Lipinski definition) is 1. The second-order valence-corrected chi connectivity index (χ2v) is 10.1. The molecule has 168 valence electrons. The van der Waals surface area contributed by atoms with Crippen LogP contribution in [0.25, 0.3) is 10.9 Å². The molecule has 5 rings (SSSR count). The van der Waals surface area contributed by atoms with Crippen LogP contribution >= 0.6 is 0 Å². The lowest BCUT2D eigenvalue weighted by Crippen LogP contribution is -2.51. The maximum atomic E-state index is 13.1. The second-order valence-electron chi connectivity index (χ2n) is 10.1. The quantitative estimate of drug-likeness (QED) is 0.643. The molecule has 1 amide bonds. The van der Waals surface area contributed by atoms with Gasteiger partial charge in [-0.2, -0.15) is 0 Å². The number of benzene rings is 1. The summed E-state index contributed by atoms with van der Waals surface area (Å²) in [5.41, 5.74) is 5.29. The number of nitrogens with zero attached hydrogens (tertiary/aromatic N) is 3. The molecular weight excluding hydrogens is 396 g/mol. The number of pyridine rings is 1. The summed E-state index contributed by atoms with van der Waals surface area (Å²) in [6, 6.07) is 13.2. The minimum atomic E-state index is 0.0274. The van der Waals surface area contributed by atoms with E-state index in [2.05, 4.69) is 65.1 Å². The Morgan fingerprint density at radius 3 is 2.88 bits per heavy atom. The molecule has 1 N–H and O–H groups in total. The van der Waals surface area contributed by atoms with Crippen LogP contribution < -0.4 is 5.32 Å². The molecule has 5 heteroatoms. The van der Waals surface area contributed by atoms with Crippen molar-refractivity contribution in [3.05, 3.63) is 65.6 Å². The Kier molecular flexibility index (Phi) is 5.76. The SMILES string of the molecule is CC(C)Cn1cc2c3c(cccc31)C1C[C@@H](C(=O)NCCc3ccccn3)CN(C)[C@@H]1C2. The van der Waals surface area contributed by atoms with E-state index >= 15 is 0 Å². The molecule has 1 saturated heterocycles. The highest BCUT2D eigenvalue weighted by molar-refractivity contribution is 5.89. The molecular formula is C27H34N4O. The molecule has 0 radical (unpaired) electrons. The monoisotopic (exact) mass is 430 g/mol. The highest BCUT2D eigenvalue weighted by Gasteiger charge is 2.41. The Hall–Kier alpha value is -2.66. The molecule has 0 bridgehead atoms. The van der Waals surface area contributed by atoms with Crippen LogP contribution in [-0.4, -0.2) is 46.5 Å². The van der Waals surface area contributed by atoms with Crippen LogP contribution in [0.5, 0.6) is 0 Å². The van der Waals surface area contributed by atoms with Gasteiger partial charge in [0.25, 0.3) is 0 Å². The Morgan fingerprint density at radius 1 is 1.22 bits per heavy atom. The zero-order chi connectivity index (χ0) is 22.2.